The number of benzene rings is 1. The van der Waals surface area contributed by atoms with E-state index in [9.17, 15) is 14.4 Å². The van der Waals surface area contributed by atoms with Crippen molar-refractivity contribution in [1.29, 1.82) is 0 Å². The second-order valence-corrected chi connectivity index (χ2v) is 5.94. The molecule has 0 spiro atoms. The van der Waals surface area contributed by atoms with Crippen LogP contribution < -0.4 is 15.4 Å². The molecule has 0 aliphatic heterocycles. The minimum Gasteiger partial charge on any atom is -0.497 e. The third-order valence-corrected chi connectivity index (χ3v) is 2.59. The average molecular weight is 322 g/mol. The van der Waals surface area contributed by atoms with Crippen molar-refractivity contribution < 1.29 is 23.9 Å². The first-order chi connectivity index (χ1) is 10.7. The Kier molecular flexibility index (Phi) is 6.56. The molecule has 0 heterocycles. The molecular weight excluding hydrogens is 300 g/mol. The Morgan fingerprint density at radius 3 is 2.48 bits per heavy atom. The van der Waals surface area contributed by atoms with Crippen LogP contribution in [0.1, 0.15) is 26.3 Å². The third kappa shape index (κ3) is 7.85. The minimum absolute atomic E-state index is 0.0126. The first-order valence-corrected chi connectivity index (χ1v) is 7.10. The van der Waals surface area contributed by atoms with Crippen molar-refractivity contribution in [3.05, 3.63) is 29.8 Å². The maximum atomic E-state index is 11.7. The highest BCUT2D eigenvalue weighted by Crippen LogP contribution is 2.13. The lowest BCUT2D eigenvalue weighted by molar-refractivity contribution is -0.147. The second kappa shape index (κ2) is 8.17. The van der Waals surface area contributed by atoms with Crippen molar-refractivity contribution in [2.75, 3.05) is 13.7 Å². The van der Waals surface area contributed by atoms with Crippen molar-refractivity contribution >= 4 is 17.9 Å². The summed E-state index contributed by atoms with van der Waals surface area (Å²) in [6, 6.07) is 6.34. The van der Waals surface area contributed by atoms with Crippen molar-refractivity contribution in [3.8, 4) is 5.75 Å². The highest BCUT2D eigenvalue weighted by Gasteiger charge is 2.16. The molecule has 0 saturated carbocycles. The zero-order valence-electron chi connectivity index (χ0n) is 13.8. The van der Waals surface area contributed by atoms with Crippen LogP contribution in [0, 0.1) is 0 Å². The van der Waals surface area contributed by atoms with E-state index >= 15 is 0 Å². The molecule has 2 N–H and O–H groups in total. The van der Waals surface area contributed by atoms with E-state index in [1.54, 1.807) is 45.0 Å². The van der Waals surface area contributed by atoms with Crippen molar-refractivity contribution in [3.63, 3.8) is 0 Å². The van der Waals surface area contributed by atoms with Crippen LogP contribution in [0.3, 0.4) is 0 Å². The summed E-state index contributed by atoms with van der Waals surface area (Å²) < 4.78 is 9.90. The number of methoxy groups -OCH3 is 1. The number of rotatable bonds is 5. The van der Waals surface area contributed by atoms with Gasteiger partial charge in [-0.3, -0.25) is 14.9 Å². The number of hydrogen-bond donors (Lipinski definition) is 2. The van der Waals surface area contributed by atoms with Gasteiger partial charge in [0.25, 0.3) is 5.91 Å². The summed E-state index contributed by atoms with van der Waals surface area (Å²) in [5.41, 5.74) is 0.244. The Balaban J connectivity index is 2.37. The number of urea groups is 1. The van der Waals surface area contributed by atoms with E-state index in [0.29, 0.717) is 11.3 Å². The monoisotopic (exact) mass is 322 g/mol. The standard InChI is InChI=1S/C16H22N2O5/c1-16(2,3)18-15(21)17-13(19)10-23-14(20)9-11-6-5-7-12(8-11)22-4/h5-8H,9-10H2,1-4H3,(H2,17,18,19,21). The zero-order chi connectivity index (χ0) is 17.5. The number of ether oxygens (including phenoxy) is 2. The van der Waals surface area contributed by atoms with Gasteiger partial charge in [0.2, 0.25) is 0 Å². The number of esters is 1. The van der Waals surface area contributed by atoms with Gasteiger partial charge in [-0.15, -0.1) is 0 Å². The fourth-order valence-corrected chi connectivity index (χ4v) is 1.68. The van der Waals surface area contributed by atoms with Crippen LogP contribution in [0.25, 0.3) is 0 Å². The first kappa shape index (κ1) is 18.5. The molecule has 7 nitrogen and oxygen atoms in total. The molecule has 0 aliphatic carbocycles. The maximum absolute atomic E-state index is 11.7. The number of nitrogens with one attached hydrogen (secondary N) is 2. The van der Waals surface area contributed by atoms with Gasteiger partial charge in [-0.2, -0.15) is 0 Å². The minimum atomic E-state index is -0.689. The Labute approximate surface area is 135 Å². The largest absolute Gasteiger partial charge is 0.497 e. The van der Waals surface area contributed by atoms with Gasteiger partial charge in [-0.1, -0.05) is 12.1 Å². The van der Waals surface area contributed by atoms with Crippen LogP contribution in [0.4, 0.5) is 4.79 Å². The first-order valence-electron chi connectivity index (χ1n) is 7.10. The van der Waals surface area contributed by atoms with E-state index in [4.69, 9.17) is 9.47 Å². The number of imide groups is 1. The Bertz CT molecular complexity index is 578. The molecule has 23 heavy (non-hydrogen) atoms. The van der Waals surface area contributed by atoms with Crippen LogP contribution >= 0.6 is 0 Å². The number of carbonyl (C=O) groups is 3. The van der Waals surface area contributed by atoms with Crippen LogP contribution in [-0.2, 0) is 20.7 Å². The lowest BCUT2D eigenvalue weighted by Gasteiger charge is -2.20. The van der Waals surface area contributed by atoms with Crippen LogP contribution in [0.15, 0.2) is 24.3 Å². The van der Waals surface area contributed by atoms with E-state index in [2.05, 4.69) is 10.6 Å². The summed E-state index contributed by atoms with van der Waals surface area (Å²) in [5.74, 6) is -0.623. The molecule has 0 unspecified atom stereocenters. The molecule has 0 saturated heterocycles. The second-order valence-electron chi connectivity index (χ2n) is 5.94. The van der Waals surface area contributed by atoms with Gasteiger partial charge >= 0.3 is 12.0 Å². The summed E-state index contributed by atoms with van der Waals surface area (Å²) in [7, 11) is 1.53. The quantitative estimate of drug-likeness (QED) is 0.799. The van der Waals surface area contributed by atoms with Gasteiger partial charge in [0.1, 0.15) is 5.75 Å². The fraction of sp³-hybridized carbons (Fsp3) is 0.438. The maximum Gasteiger partial charge on any atom is 0.321 e. The number of carbonyl (C=O) groups excluding carboxylic acids is 3. The fourth-order valence-electron chi connectivity index (χ4n) is 1.68. The number of amides is 3. The van der Waals surface area contributed by atoms with Gasteiger partial charge in [-0.25, -0.2) is 4.79 Å². The summed E-state index contributed by atoms with van der Waals surface area (Å²) >= 11 is 0. The molecule has 7 heteroatoms. The van der Waals surface area contributed by atoms with E-state index in [1.807, 2.05) is 0 Å². The van der Waals surface area contributed by atoms with E-state index in [1.165, 1.54) is 7.11 Å². The Morgan fingerprint density at radius 1 is 1.17 bits per heavy atom. The molecule has 1 aromatic rings. The van der Waals surface area contributed by atoms with Crippen LogP contribution in [0.2, 0.25) is 0 Å². The lowest BCUT2D eigenvalue weighted by Crippen LogP contribution is -2.49. The van der Waals surface area contributed by atoms with Gasteiger partial charge in [0.05, 0.1) is 13.5 Å². The molecule has 0 fully saturated rings. The molecule has 1 aromatic carbocycles. The smallest absolute Gasteiger partial charge is 0.321 e. The van der Waals surface area contributed by atoms with Crippen molar-refractivity contribution in [1.82, 2.24) is 10.6 Å². The lowest BCUT2D eigenvalue weighted by atomic mass is 10.1. The normalized spacial score (nSPS) is 10.6. The summed E-state index contributed by atoms with van der Waals surface area (Å²) in [6.07, 6.45) is 0.0126. The van der Waals surface area contributed by atoms with Crippen LogP contribution in [-0.4, -0.2) is 37.2 Å². The van der Waals surface area contributed by atoms with Gasteiger partial charge < -0.3 is 14.8 Å². The topological polar surface area (TPSA) is 93.7 Å². The van der Waals surface area contributed by atoms with Crippen molar-refractivity contribution in [2.24, 2.45) is 0 Å². The van der Waals surface area contributed by atoms with E-state index in [0.717, 1.165) is 0 Å². The highest BCUT2D eigenvalue weighted by atomic mass is 16.5. The summed E-state index contributed by atoms with van der Waals surface area (Å²) in [4.78, 5) is 34.7. The Hall–Kier alpha value is -2.57. The van der Waals surface area contributed by atoms with Gasteiger partial charge in [0.15, 0.2) is 6.61 Å². The average Bonchev–Trinajstić information content (AvgIpc) is 2.43. The molecule has 0 atom stereocenters. The molecule has 1 rings (SSSR count). The molecule has 0 bridgehead atoms. The van der Waals surface area contributed by atoms with Gasteiger partial charge in [0, 0.05) is 5.54 Å². The predicted molar refractivity (Wildman–Crippen MR) is 84.1 cm³/mol. The zero-order valence-corrected chi connectivity index (χ0v) is 13.8. The highest BCUT2D eigenvalue weighted by molar-refractivity contribution is 5.95. The van der Waals surface area contributed by atoms with Gasteiger partial charge in [-0.05, 0) is 38.5 Å². The molecule has 0 aromatic heterocycles. The molecular formula is C16H22N2O5. The number of hydrogen-bond acceptors (Lipinski definition) is 5. The molecule has 0 aliphatic rings. The van der Waals surface area contributed by atoms with E-state index in [-0.39, 0.29) is 6.42 Å². The predicted octanol–water partition coefficient (Wildman–Crippen LogP) is 1.41. The SMILES string of the molecule is COc1cccc(CC(=O)OCC(=O)NC(=O)NC(C)(C)C)c1. The van der Waals surface area contributed by atoms with Crippen molar-refractivity contribution in [2.45, 2.75) is 32.7 Å². The van der Waals surface area contributed by atoms with E-state index < -0.39 is 30.1 Å². The Morgan fingerprint density at radius 2 is 1.87 bits per heavy atom. The molecule has 3 amide bonds. The summed E-state index contributed by atoms with van der Waals surface area (Å²) in [5, 5.41) is 4.65. The third-order valence-electron chi connectivity index (χ3n) is 2.59. The molecule has 126 valence electrons. The summed E-state index contributed by atoms with van der Waals surface area (Å²) in [6.45, 7) is 4.84. The van der Waals surface area contributed by atoms with Crippen LogP contribution in [0.5, 0.6) is 5.75 Å². The molecule has 0 radical (unpaired) electrons.